The molecule has 6 heteroatoms. The molecule has 2 heterocycles. The molecule has 3 aromatic rings. The number of rotatable bonds is 3. The fraction of sp³-hybridized carbons (Fsp3) is 0.238. The molecule has 0 N–H and O–H groups in total. The van der Waals surface area contributed by atoms with E-state index < -0.39 is 5.63 Å². The van der Waals surface area contributed by atoms with Gasteiger partial charge in [0.15, 0.2) is 6.61 Å². The van der Waals surface area contributed by atoms with E-state index in [4.69, 9.17) is 20.8 Å². The van der Waals surface area contributed by atoms with Crippen molar-refractivity contribution in [2.24, 2.45) is 0 Å². The lowest BCUT2D eigenvalue weighted by atomic mass is 10.1. The lowest BCUT2D eigenvalue weighted by molar-refractivity contribution is -0.120. The van der Waals surface area contributed by atoms with Crippen LogP contribution in [0.4, 0.5) is 5.69 Å². The maximum absolute atomic E-state index is 12.8. The van der Waals surface area contributed by atoms with Crippen LogP contribution in [0.3, 0.4) is 0 Å². The van der Waals surface area contributed by atoms with Crippen LogP contribution in [0.15, 0.2) is 51.7 Å². The molecular weight excluding hydrogens is 366 g/mol. The third kappa shape index (κ3) is 3.19. The molecule has 0 spiro atoms. The topological polar surface area (TPSA) is 59.8 Å². The Morgan fingerprint density at radius 1 is 1.30 bits per heavy atom. The molecule has 0 unspecified atom stereocenters. The van der Waals surface area contributed by atoms with E-state index in [-0.39, 0.29) is 18.6 Å². The summed E-state index contributed by atoms with van der Waals surface area (Å²) in [6, 6.07) is 12.6. The van der Waals surface area contributed by atoms with Crippen molar-refractivity contribution in [3.63, 3.8) is 0 Å². The Hall–Kier alpha value is -2.79. The normalized spacial score (nSPS) is 15.8. The molecule has 1 aromatic heterocycles. The molecule has 0 saturated heterocycles. The van der Waals surface area contributed by atoms with Crippen molar-refractivity contribution in [2.75, 3.05) is 11.5 Å². The van der Waals surface area contributed by atoms with Crippen LogP contribution in [0.5, 0.6) is 5.75 Å². The Morgan fingerprint density at radius 2 is 2.07 bits per heavy atom. The predicted octanol–water partition coefficient (Wildman–Crippen LogP) is 4.11. The van der Waals surface area contributed by atoms with E-state index in [2.05, 4.69) is 0 Å². The molecule has 2 aromatic carbocycles. The first kappa shape index (κ1) is 17.6. The number of amides is 1. The lowest BCUT2D eigenvalue weighted by Gasteiger charge is -2.23. The van der Waals surface area contributed by atoms with E-state index in [1.165, 1.54) is 6.07 Å². The van der Waals surface area contributed by atoms with Crippen molar-refractivity contribution in [3.05, 3.63) is 69.0 Å². The molecule has 138 valence electrons. The molecular formula is C21H18ClNO4. The zero-order valence-electron chi connectivity index (χ0n) is 15.0. The number of anilines is 1. The van der Waals surface area contributed by atoms with Crippen LogP contribution in [0.2, 0.25) is 5.02 Å². The van der Waals surface area contributed by atoms with E-state index >= 15 is 0 Å². The molecule has 0 saturated carbocycles. The van der Waals surface area contributed by atoms with Crippen molar-refractivity contribution >= 4 is 34.2 Å². The molecule has 0 aliphatic carbocycles. The second-order valence-electron chi connectivity index (χ2n) is 6.76. The minimum absolute atomic E-state index is 0.0752. The van der Waals surface area contributed by atoms with Crippen LogP contribution < -0.4 is 15.3 Å². The third-order valence-electron chi connectivity index (χ3n) is 4.83. The van der Waals surface area contributed by atoms with E-state index in [0.717, 1.165) is 28.6 Å². The number of fused-ring (bicyclic) bond motifs is 2. The van der Waals surface area contributed by atoms with Gasteiger partial charge in [-0.2, -0.15) is 0 Å². The van der Waals surface area contributed by atoms with Gasteiger partial charge in [-0.3, -0.25) is 4.79 Å². The summed E-state index contributed by atoms with van der Waals surface area (Å²) < 4.78 is 10.9. The first-order valence-electron chi connectivity index (χ1n) is 8.71. The highest BCUT2D eigenvalue weighted by atomic mass is 35.5. The van der Waals surface area contributed by atoms with Crippen molar-refractivity contribution in [1.29, 1.82) is 0 Å². The van der Waals surface area contributed by atoms with Gasteiger partial charge in [0.05, 0.1) is 5.02 Å². The summed E-state index contributed by atoms with van der Waals surface area (Å²) in [5.41, 5.74) is 2.79. The van der Waals surface area contributed by atoms with Crippen LogP contribution in [-0.4, -0.2) is 18.6 Å². The van der Waals surface area contributed by atoms with Gasteiger partial charge >= 0.3 is 5.63 Å². The smallest absolute Gasteiger partial charge is 0.336 e. The fourth-order valence-corrected chi connectivity index (χ4v) is 3.80. The first-order valence-corrected chi connectivity index (χ1v) is 9.08. The number of nitrogens with zero attached hydrogens (tertiary/aromatic N) is 1. The zero-order valence-corrected chi connectivity index (χ0v) is 15.7. The molecule has 1 atom stereocenters. The van der Waals surface area contributed by atoms with Crippen LogP contribution in [-0.2, 0) is 11.2 Å². The molecule has 1 aliphatic heterocycles. The number of carbonyl (C=O) groups is 1. The van der Waals surface area contributed by atoms with Gasteiger partial charge in [-0.05, 0) is 43.5 Å². The zero-order chi connectivity index (χ0) is 19.1. The van der Waals surface area contributed by atoms with Gasteiger partial charge in [0.2, 0.25) is 0 Å². The van der Waals surface area contributed by atoms with Gasteiger partial charge in [0.25, 0.3) is 5.91 Å². The minimum Gasteiger partial charge on any atom is -0.482 e. The van der Waals surface area contributed by atoms with Gasteiger partial charge in [-0.15, -0.1) is 0 Å². The molecule has 0 bridgehead atoms. The summed E-state index contributed by atoms with van der Waals surface area (Å²) in [6.07, 6.45) is 0.822. The Balaban J connectivity index is 1.58. The van der Waals surface area contributed by atoms with Crippen LogP contribution in [0.25, 0.3) is 11.0 Å². The van der Waals surface area contributed by atoms with E-state index in [1.807, 2.05) is 38.1 Å². The lowest BCUT2D eigenvalue weighted by Crippen LogP contribution is -2.39. The molecule has 1 amide bonds. The number of para-hydroxylation sites is 1. The quantitative estimate of drug-likeness (QED) is 0.638. The van der Waals surface area contributed by atoms with E-state index in [0.29, 0.717) is 16.4 Å². The SMILES string of the molecule is Cc1cc(=O)oc2cc(OCC(=O)N3c4ccccc4C[C@@H]3C)c(Cl)cc12. The van der Waals surface area contributed by atoms with Crippen LogP contribution in [0.1, 0.15) is 18.1 Å². The molecule has 5 nitrogen and oxygen atoms in total. The van der Waals surface area contributed by atoms with Crippen LogP contribution in [0, 0.1) is 6.92 Å². The van der Waals surface area contributed by atoms with Gasteiger partial charge < -0.3 is 14.1 Å². The maximum atomic E-state index is 12.8. The van der Waals surface area contributed by atoms with Crippen LogP contribution >= 0.6 is 11.6 Å². The number of hydrogen-bond donors (Lipinski definition) is 0. The summed E-state index contributed by atoms with van der Waals surface area (Å²) in [5.74, 6) is 0.167. The Kier molecular flexibility index (Phi) is 4.40. The molecule has 0 fully saturated rings. The maximum Gasteiger partial charge on any atom is 0.336 e. The predicted molar refractivity (Wildman–Crippen MR) is 105 cm³/mol. The summed E-state index contributed by atoms with van der Waals surface area (Å²) in [4.78, 5) is 26.1. The van der Waals surface area contributed by atoms with Crippen molar-refractivity contribution in [2.45, 2.75) is 26.3 Å². The molecule has 0 radical (unpaired) electrons. The van der Waals surface area contributed by atoms with Crippen molar-refractivity contribution in [3.8, 4) is 5.75 Å². The van der Waals surface area contributed by atoms with Gasteiger partial charge in [-0.1, -0.05) is 29.8 Å². The Labute approximate surface area is 161 Å². The molecule has 27 heavy (non-hydrogen) atoms. The van der Waals surface area contributed by atoms with Gasteiger partial charge in [0, 0.05) is 29.2 Å². The standard InChI is InChI=1S/C21H18ClNO4/c1-12-7-21(25)27-18-10-19(16(22)9-15(12)18)26-11-20(24)23-13(2)8-14-5-3-4-6-17(14)23/h3-7,9-10,13H,8,11H2,1-2H3/t13-/m0/s1. The minimum atomic E-state index is -0.438. The first-order chi connectivity index (χ1) is 12.9. The number of hydrogen-bond acceptors (Lipinski definition) is 4. The fourth-order valence-electron chi connectivity index (χ4n) is 3.58. The Bertz CT molecular complexity index is 1110. The number of ether oxygens (including phenoxy) is 1. The average molecular weight is 384 g/mol. The van der Waals surface area contributed by atoms with Crippen molar-refractivity contribution < 1.29 is 13.9 Å². The second kappa shape index (κ2) is 6.74. The Morgan fingerprint density at radius 3 is 2.89 bits per heavy atom. The molecule has 1 aliphatic rings. The van der Waals surface area contributed by atoms with E-state index in [9.17, 15) is 9.59 Å². The highest BCUT2D eigenvalue weighted by Crippen LogP contribution is 2.33. The summed E-state index contributed by atoms with van der Waals surface area (Å²) in [7, 11) is 0. The summed E-state index contributed by atoms with van der Waals surface area (Å²) in [5, 5.41) is 1.10. The van der Waals surface area contributed by atoms with E-state index in [1.54, 1.807) is 17.0 Å². The third-order valence-corrected chi connectivity index (χ3v) is 5.13. The number of benzene rings is 2. The monoisotopic (exact) mass is 383 g/mol. The van der Waals surface area contributed by atoms with Crippen molar-refractivity contribution in [1.82, 2.24) is 0 Å². The average Bonchev–Trinajstić information content (AvgIpc) is 2.96. The number of carbonyl (C=O) groups excluding carboxylic acids is 1. The molecule has 4 rings (SSSR count). The van der Waals surface area contributed by atoms with Gasteiger partial charge in [-0.25, -0.2) is 4.79 Å². The highest BCUT2D eigenvalue weighted by molar-refractivity contribution is 6.32. The largest absolute Gasteiger partial charge is 0.482 e. The second-order valence-corrected chi connectivity index (χ2v) is 7.17. The number of aryl methyl sites for hydroxylation is 1. The summed E-state index contributed by atoms with van der Waals surface area (Å²) >= 11 is 6.30. The highest BCUT2D eigenvalue weighted by Gasteiger charge is 2.30. The van der Waals surface area contributed by atoms with Gasteiger partial charge in [0.1, 0.15) is 11.3 Å². The summed E-state index contributed by atoms with van der Waals surface area (Å²) in [6.45, 7) is 3.67. The number of halogens is 1.